The lowest BCUT2D eigenvalue weighted by atomic mass is 10.0. The molecule has 0 bridgehead atoms. The molecule has 2 aliphatic heterocycles. The van der Waals surface area contributed by atoms with Crippen molar-refractivity contribution in [3.63, 3.8) is 0 Å². The molecule has 0 amide bonds. The molecule has 0 atom stereocenters. The van der Waals surface area contributed by atoms with Gasteiger partial charge in [-0.15, -0.1) is 11.3 Å². The molecular weight excluding hydrogens is 218 g/mol. The number of piperidine rings is 1. The normalized spacial score (nSPS) is 21.8. The van der Waals surface area contributed by atoms with Crippen molar-refractivity contribution in [2.24, 2.45) is 0 Å². The Morgan fingerprint density at radius 3 is 2.94 bits per heavy atom. The zero-order valence-electron chi connectivity index (χ0n) is 9.33. The van der Waals surface area contributed by atoms with Gasteiger partial charge in [0.1, 0.15) is 0 Å². The number of nitrogens with one attached hydrogen (secondary N) is 2. The third kappa shape index (κ3) is 1.72. The van der Waals surface area contributed by atoms with Crippen LogP contribution in [0.4, 0.5) is 5.69 Å². The Balaban J connectivity index is 1.79. The van der Waals surface area contributed by atoms with E-state index < -0.39 is 0 Å². The second-order valence-electron chi connectivity index (χ2n) is 4.49. The third-order valence-electron chi connectivity index (χ3n) is 3.46. The molecule has 0 unspecified atom stereocenters. The van der Waals surface area contributed by atoms with Gasteiger partial charge in [-0.25, -0.2) is 0 Å². The molecular formula is C12H17N3S. The number of hydrogen-bond acceptors (Lipinski definition) is 4. The number of anilines is 1. The standard InChI is InChI=1S/C12H17N3S/c1-9-14-12-8-16-7-10(12)6-15(9)11-2-4-13-5-3-11/h7-8,11,13-14H,1-6H2. The van der Waals surface area contributed by atoms with Crippen molar-refractivity contribution < 1.29 is 0 Å². The summed E-state index contributed by atoms with van der Waals surface area (Å²) in [6.07, 6.45) is 2.44. The van der Waals surface area contributed by atoms with E-state index in [-0.39, 0.29) is 0 Å². The molecule has 86 valence electrons. The molecule has 1 saturated heterocycles. The number of rotatable bonds is 1. The van der Waals surface area contributed by atoms with E-state index in [0.717, 1.165) is 25.5 Å². The topological polar surface area (TPSA) is 27.3 Å². The Morgan fingerprint density at radius 2 is 2.12 bits per heavy atom. The molecule has 1 aromatic heterocycles. The lowest BCUT2D eigenvalue weighted by Gasteiger charge is -2.40. The molecule has 2 aliphatic rings. The van der Waals surface area contributed by atoms with Crippen molar-refractivity contribution in [2.45, 2.75) is 25.4 Å². The molecule has 3 nitrogen and oxygen atoms in total. The van der Waals surface area contributed by atoms with Crippen LogP contribution >= 0.6 is 11.3 Å². The zero-order chi connectivity index (χ0) is 11.0. The second kappa shape index (κ2) is 4.11. The summed E-state index contributed by atoms with van der Waals surface area (Å²) < 4.78 is 0. The third-order valence-corrected chi connectivity index (χ3v) is 4.25. The molecule has 16 heavy (non-hydrogen) atoms. The van der Waals surface area contributed by atoms with Gasteiger partial charge in [0.05, 0.1) is 11.5 Å². The van der Waals surface area contributed by atoms with E-state index in [2.05, 4.69) is 32.9 Å². The number of thiophene rings is 1. The van der Waals surface area contributed by atoms with E-state index in [4.69, 9.17) is 0 Å². The molecule has 0 saturated carbocycles. The average molecular weight is 235 g/mol. The Kier molecular flexibility index (Phi) is 2.61. The van der Waals surface area contributed by atoms with Gasteiger partial charge in [-0.1, -0.05) is 6.58 Å². The molecule has 2 N–H and O–H groups in total. The van der Waals surface area contributed by atoms with Crippen molar-refractivity contribution in [1.82, 2.24) is 10.2 Å². The highest BCUT2D eigenvalue weighted by atomic mass is 32.1. The van der Waals surface area contributed by atoms with E-state index in [1.807, 2.05) is 0 Å². The number of nitrogens with zero attached hydrogens (tertiary/aromatic N) is 1. The summed E-state index contributed by atoms with van der Waals surface area (Å²) in [4.78, 5) is 2.43. The Labute approximate surface area is 100 Å². The van der Waals surface area contributed by atoms with Crippen LogP contribution in [0.1, 0.15) is 18.4 Å². The van der Waals surface area contributed by atoms with Gasteiger partial charge in [-0.2, -0.15) is 0 Å². The predicted molar refractivity (Wildman–Crippen MR) is 68.5 cm³/mol. The summed E-state index contributed by atoms with van der Waals surface area (Å²) in [5.41, 5.74) is 2.66. The van der Waals surface area contributed by atoms with Gasteiger partial charge >= 0.3 is 0 Å². The van der Waals surface area contributed by atoms with Gasteiger partial charge in [0.2, 0.25) is 0 Å². The average Bonchev–Trinajstić information content (AvgIpc) is 2.76. The first-order valence-electron chi connectivity index (χ1n) is 5.83. The van der Waals surface area contributed by atoms with Gasteiger partial charge in [0, 0.05) is 23.5 Å². The van der Waals surface area contributed by atoms with Crippen LogP contribution in [0, 0.1) is 0 Å². The Bertz CT molecular complexity index is 393. The monoisotopic (exact) mass is 235 g/mol. The van der Waals surface area contributed by atoms with Gasteiger partial charge in [0.25, 0.3) is 0 Å². The van der Waals surface area contributed by atoms with Gasteiger partial charge in [-0.3, -0.25) is 0 Å². The Hall–Kier alpha value is -1.00. The van der Waals surface area contributed by atoms with Crippen molar-refractivity contribution in [3.8, 4) is 0 Å². The fraction of sp³-hybridized carbons (Fsp3) is 0.500. The van der Waals surface area contributed by atoms with Crippen LogP contribution in [0.3, 0.4) is 0 Å². The minimum Gasteiger partial charge on any atom is -0.351 e. The molecule has 4 heteroatoms. The fourth-order valence-electron chi connectivity index (χ4n) is 2.53. The van der Waals surface area contributed by atoms with Crippen molar-refractivity contribution >= 4 is 17.0 Å². The van der Waals surface area contributed by atoms with Crippen LogP contribution in [0.5, 0.6) is 0 Å². The lowest BCUT2D eigenvalue weighted by molar-refractivity contribution is 0.199. The minimum atomic E-state index is 0.648. The molecule has 1 fully saturated rings. The summed E-state index contributed by atoms with van der Waals surface area (Å²) in [5, 5.41) is 11.2. The van der Waals surface area contributed by atoms with Gasteiger partial charge in [-0.05, 0) is 31.3 Å². The highest BCUT2D eigenvalue weighted by molar-refractivity contribution is 7.08. The molecule has 3 rings (SSSR count). The van der Waals surface area contributed by atoms with Crippen LogP contribution in [0.15, 0.2) is 23.2 Å². The SMILES string of the molecule is C=C1Nc2cscc2CN1C1CCNCC1. The van der Waals surface area contributed by atoms with Gasteiger partial charge in [0.15, 0.2) is 0 Å². The van der Waals surface area contributed by atoms with Crippen LogP contribution < -0.4 is 10.6 Å². The highest BCUT2D eigenvalue weighted by Gasteiger charge is 2.26. The number of fused-ring (bicyclic) bond motifs is 1. The molecule has 1 aromatic rings. The quantitative estimate of drug-likeness (QED) is 0.781. The second-order valence-corrected chi connectivity index (χ2v) is 5.24. The first kappa shape index (κ1) is 10.2. The summed E-state index contributed by atoms with van der Waals surface area (Å²) in [6.45, 7) is 7.43. The summed E-state index contributed by atoms with van der Waals surface area (Å²) in [6, 6.07) is 0.648. The fourth-order valence-corrected chi connectivity index (χ4v) is 3.31. The maximum atomic E-state index is 4.15. The van der Waals surface area contributed by atoms with Gasteiger partial charge < -0.3 is 15.5 Å². The van der Waals surface area contributed by atoms with Crippen molar-refractivity contribution in [3.05, 3.63) is 28.7 Å². The minimum absolute atomic E-state index is 0.648. The Morgan fingerprint density at radius 1 is 1.31 bits per heavy atom. The van der Waals surface area contributed by atoms with Crippen LogP contribution in [0.25, 0.3) is 0 Å². The maximum Gasteiger partial charge on any atom is 0.0989 e. The molecule has 0 radical (unpaired) electrons. The molecule has 0 spiro atoms. The first-order chi connectivity index (χ1) is 7.84. The lowest BCUT2D eigenvalue weighted by Crippen LogP contribution is -2.44. The maximum absolute atomic E-state index is 4.15. The van der Waals surface area contributed by atoms with E-state index >= 15 is 0 Å². The smallest absolute Gasteiger partial charge is 0.0989 e. The highest BCUT2D eigenvalue weighted by Crippen LogP contribution is 2.32. The predicted octanol–water partition coefficient (Wildman–Crippen LogP) is 2.20. The van der Waals surface area contributed by atoms with E-state index in [1.54, 1.807) is 11.3 Å². The molecule has 3 heterocycles. The van der Waals surface area contributed by atoms with Crippen LogP contribution in [-0.4, -0.2) is 24.0 Å². The van der Waals surface area contributed by atoms with Crippen LogP contribution in [-0.2, 0) is 6.54 Å². The first-order valence-corrected chi connectivity index (χ1v) is 6.77. The molecule has 0 aromatic carbocycles. The van der Waals surface area contributed by atoms with Crippen LogP contribution in [0.2, 0.25) is 0 Å². The van der Waals surface area contributed by atoms with E-state index in [0.29, 0.717) is 6.04 Å². The summed E-state index contributed by atoms with van der Waals surface area (Å²) in [7, 11) is 0. The van der Waals surface area contributed by atoms with Crippen molar-refractivity contribution in [2.75, 3.05) is 18.4 Å². The zero-order valence-corrected chi connectivity index (χ0v) is 10.1. The van der Waals surface area contributed by atoms with E-state index in [1.165, 1.54) is 24.1 Å². The molecule has 0 aliphatic carbocycles. The summed E-state index contributed by atoms with van der Waals surface area (Å²) in [5.74, 6) is 1.07. The number of hydrogen-bond donors (Lipinski definition) is 2. The van der Waals surface area contributed by atoms with E-state index in [9.17, 15) is 0 Å². The van der Waals surface area contributed by atoms with Crippen molar-refractivity contribution in [1.29, 1.82) is 0 Å². The largest absolute Gasteiger partial charge is 0.351 e. The summed E-state index contributed by atoms with van der Waals surface area (Å²) >= 11 is 1.76.